The minimum Gasteiger partial charge on any atom is -0.508 e. The SMILES string of the molecule is COC1(Cc2ccc(O)cc2)CCNC1. The first-order valence-electron chi connectivity index (χ1n) is 5.28. The summed E-state index contributed by atoms with van der Waals surface area (Å²) < 4.78 is 5.61. The second kappa shape index (κ2) is 4.21. The zero-order valence-electron chi connectivity index (χ0n) is 8.99. The summed E-state index contributed by atoms with van der Waals surface area (Å²) in [6.45, 7) is 1.93. The standard InChI is InChI=1S/C12H17NO2/c1-15-12(6-7-13-9-12)8-10-2-4-11(14)5-3-10/h2-5,13-14H,6-9H2,1H3. The van der Waals surface area contributed by atoms with Gasteiger partial charge in [-0.2, -0.15) is 0 Å². The van der Waals surface area contributed by atoms with Crippen LogP contribution < -0.4 is 5.32 Å². The van der Waals surface area contributed by atoms with Crippen LogP contribution in [0.4, 0.5) is 0 Å². The number of ether oxygens (including phenoxy) is 1. The third-order valence-corrected chi connectivity index (χ3v) is 3.10. The van der Waals surface area contributed by atoms with E-state index in [1.165, 1.54) is 5.56 Å². The van der Waals surface area contributed by atoms with E-state index >= 15 is 0 Å². The third kappa shape index (κ3) is 2.30. The van der Waals surface area contributed by atoms with E-state index in [2.05, 4.69) is 5.32 Å². The Morgan fingerprint density at radius 2 is 2.13 bits per heavy atom. The molecule has 2 rings (SSSR count). The van der Waals surface area contributed by atoms with Crippen molar-refractivity contribution < 1.29 is 9.84 Å². The number of nitrogens with one attached hydrogen (secondary N) is 1. The Kier molecular flexibility index (Phi) is 2.93. The van der Waals surface area contributed by atoms with Gasteiger partial charge in [0, 0.05) is 20.1 Å². The molecule has 1 atom stereocenters. The van der Waals surface area contributed by atoms with Crippen LogP contribution in [0.3, 0.4) is 0 Å². The number of phenolic OH excluding ortho intramolecular Hbond substituents is 1. The fourth-order valence-corrected chi connectivity index (χ4v) is 2.10. The van der Waals surface area contributed by atoms with Gasteiger partial charge in [0.1, 0.15) is 5.75 Å². The van der Waals surface area contributed by atoms with Gasteiger partial charge in [-0.25, -0.2) is 0 Å². The quantitative estimate of drug-likeness (QED) is 0.785. The van der Waals surface area contributed by atoms with Crippen molar-refractivity contribution >= 4 is 0 Å². The van der Waals surface area contributed by atoms with Crippen LogP contribution in [0.25, 0.3) is 0 Å². The van der Waals surface area contributed by atoms with Crippen LogP contribution in [0.15, 0.2) is 24.3 Å². The van der Waals surface area contributed by atoms with Gasteiger partial charge < -0.3 is 15.2 Å². The topological polar surface area (TPSA) is 41.5 Å². The van der Waals surface area contributed by atoms with Crippen LogP contribution in [0.2, 0.25) is 0 Å². The van der Waals surface area contributed by atoms with Crippen molar-refractivity contribution in [3.05, 3.63) is 29.8 Å². The number of hydrogen-bond acceptors (Lipinski definition) is 3. The van der Waals surface area contributed by atoms with Gasteiger partial charge >= 0.3 is 0 Å². The van der Waals surface area contributed by atoms with Gasteiger partial charge in [0.2, 0.25) is 0 Å². The maximum Gasteiger partial charge on any atom is 0.115 e. The number of phenols is 1. The van der Waals surface area contributed by atoms with Crippen molar-refractivity contribution in [1.82, 2.24) is 5.32 Å². The molecular formula is C12H17NO2. The van der Waals surface area contributed by atoms with E-state index in [0.717, 1.165) is 25.9 Å². The number of benzene rings is 1. The average Bonchev–Trinajstić information content (AvgIpc) is 2.71. The highest BCUT2D eigenvalue weighted by Crippen LogP contribution is 2.24. The van der Waals surface area contributed by atoms with Crippen molar-refractivity contribution in [2.45, 2.75) is 18.4 Å². The van der Waals surface area contributed by atoms with Gasteiger partial charge in [-0.05, 0) is 30.7 Å². The van der Waals surface area contributed by atoms with Gasteiger partial charge in [0.25, 0.3) is 0 Å². The van der Waals surface area contributed by atoms with Gasteiger partial charge in [-0.1, -0.05) is 12.1 Å². The molecule has 1 fully saturated rings. The molecule has 0 bridgehead atoms. The Bertz CT molecular complexity index is 315. The van der Waals surface area contributed by atoms with Gasteiger partial charge in [-0.15, -0.1) is 0 Å². The molecule has 0 radical (unpaired) electrons. The first-order valence-corrected chi connectivity index (χ1v) is 5.28. The monoisotopic (exact) mass is 207 g/mol. The summed E-state index contributed by atoms with van der Waals surface area (Å²) in [6.07, 6.45) is 1.95. The molecule has 0 spiro atoms. The van der Waals surface area contributed by atoms with E-state index in [4.69, 9.17) is 4.74 Å². The van der Waals surface area contributed by atoms with E-state index in [0.29, 0.717) is 5.75 Å². The van der Waals surface area contributed by atoms with E-state index in [1.54, 1.807) is 19.2 Å². The van der Waals surface area contributed by atoms with Gasteiger partial charge in [-0.3, -0.25) is 0 Å². The second-order valence-corrected chi connectivity index (χ2v) is 4.16. The summed E-state index contributed by atoms with van der Waals surface area (Å²) in [7, 11) is 1.77. The van der Waals surface area contributed by atoms with Crippen molar-refractivity contribution in [3.63, 3.8) is 0 Å². The van der Waals surface area contributed by atoms with Crippen LogP contribution in [-0.2, 0) is 11.2 Å². The van der Waals surface area contributed by atoms with Crippen molar-refractivity contribution in [3.8, 4) is 5.75 Å². The molecule has 1 aromatic rings. The Hall–Kier alpha value is -1.06. The average molecular weight is 207 g/mol. The highest BCUT2D eigenvalue weighted by atomic mass is 16.5. The van der Waals surface area contributed by atoms with Crippen LogP contribution in [0.1, 0.15) is 12.0 Å². The molecule has 0 aromatic heterocycles. The van der Waals surface area contributed by atoms with Crippen LogP contribution in [0, 0.1) is 0 Å². The Labute approximate surface area is 90.1 Å². The summed E-state index contributed by atoms with van der Waals surface area (Å²) in [5.74, 6) is 0.315. The predicted molar refractivity (Wildman–Crippen MR) is 59.0 cm³/mol. The summed E-state index contributed by atoms with van der Waals surface area (Å²) in [6, 6.07) is 7.35. The number of rotatable bonds is 3. The maximum absolute atomic E-state index is 9.20. The molecule has 1 aliphatic heterocycles. The van der Waals surface area contributed by atoms with Crippen LogP contribution in [-0.4, -0.2) is 30.9 Å². The first kappa shape index (κ1) is 10.5. The minimum atomic E-state index is -0.0586. The minimum absolute atomic E-state index is 0.0586. The summed E-state index contributed by atoms with van der Waals surface area (Å²) in [5.41, 5.74) is 1.15. The lowest BCUT2D eigenvalue weighted by Crippen LogP contribution is -2.36. The fraction of sp³-hybridized carbons (Fsp3) is 0.500. The van der Waals surface area contributed by atoms with Crippen molar-refractivity contribution in [1.29, 1.82) is 0 Å². The van der Waals surface area contributed by atoms with Crippen molar-refractivity contribution in [2.75, 3.05) is 20.2 Å². The molecule has 1 aliphatic rings. The lowest BCUT2D eigenvalue weighted by molar-refractivity contribution is 0.00775. The van der Waals surface area contributed by atoms with Crippen LogP contribution >= 0.6 is 0 Å². The molecule has 3 nitrogen and oxygen atoms in total. The molecule has 3 heteroatoms. The largest absolute Gasteiger partial charge is 0.508 e. The predicted octanol–water partition coefficient (Wildman–Crippen LogP) is 1.31. The zero-order chi connectivity index (χ0) is 10.7. The van der Waals surface area contributed by atoms with Gasteiger partial charge in [0.05, 0.1) is 5.60 Å². The maximum atomic E-state index is 9.20. The summed E-state index contributed by atoms with van der Waals surface area (Å²) >= 11 is 0. The Morgan fingerprint density at radius 1 is 1.40 bits per heavy atom. The number of hydrogen-bond donors (Lipinski definition) is 2. The zero-order valence-corrected chi connectivity index (χ0v) is 8.99. The molecular weight excluding hydrogens is 190 g/mol. The molecule has 15 heavy (non-hydrogen) atoms. The first-order chi connectivity index (χ1) is 7.24. The Morgan fingerprint density at radius 3 is 2.67 bits per heavy atom. The Balaban J connectivity index is 2.09. The number of methoxy groups -OCH3 is 1. The highest BCUT2D eigenvalue weighted by Gasteiger charge is 2.33. The molecule has 0 amide bonds. The lowest BCUT2D eigenvalue weighted by Gasteiger charge is -2.26. The van der Waals surface area contributed by atoms with E-state index < -0.39 is 0 Å². The molecule has 1 unspecified atom stereocenters. The lowest BCUT2D eigenvalue weighted by atomic mass is 9.93. The normalized spacial score (nSPS) is 25.7. The second-order valence-electron chi connectivity index (χ2n) is 4.16. The van der Waals surface area contributed by atoms with E-state index in [-0.39, 0.29) is 5.60 Å². The fourth-order valence-electron chi connectivity index (χ4n) is 2.10. The highest BCUT2D eigenvalue weighted by molar-refractivity contribution is 5.27. The van der Waals surface area contributed by atoms with Gasteiger partial charge in [0.15, 0.2) is 0 Å². The molecule has 1 heterocycles. The molecule has 82 valence electrons. The van der Waals surface area contributed by atoms with Crippen LogP contribution in [0.5, 0.6) is 5.75 Å². The number of aromatic hydroxyl groups is 1. The molecule has 1 aromatic carbocycles. The van der Waals surface area contributed by atoms with E-state index in [9.17, 15) is 5.11 Å². The van der Waals surface area contributed by atoms with E-state index in [1.807, 2.05) is 12.1 Å². The molecule has 2 N–H and O–H groups in total. The third-order valence-electron chi connectivity index (χ3n) is 3.10. The molecule has 0 aliphatic carbocycles. The molecule has 0 saturated carbocycles. The smallest absolute Gasteiger partial charge is 0.115 e. The summed E-state index contributed by atoms with van der Waals surface area (Å²) in [5, 5.41) is 12.5. The van der Waals surface area contributed by atoms with Crippen molar-refractivity contribution in [2.24, 2.45) is 0 Å². The molecule has 1 saturated heterocycles. The summed E-state index contributed by atoms with van der Waals surface area (Å²) in [4.78, 5) is 0.